The van der Waals surface area contributed by atoms with Gasteiger partial charge in [0.05, 0.1) is 22.5 Å². The Morgan fingerprint density at radius 3 is 2.48 bits per heavy atom. The predicted molar refractivity (Wildman–Crippen MR) is 93.2 cm³/mol. The van der Waals surface area contributed by atoms with Gasteiger partial charge in [-0.15, -0.1) is 0 Å². The van der Waals surface area contributed by atoms with Crippen LogP contribution in [-0.4, -0.2) is 27.4 Å². The third-order valence-corrected chi connectivity index (χ3v) is 4.50. The van der Waals surface area contributed by atoms with Gasteiger partial charge in [0.25, 0.3) is 0 Å². The summed E-state index contributed by atoms with van der Waals surface area (Å²) in [5, 5.41) is 16.6. The summed E-state index contributed by atoms with van der Waals surface area (Å²) in [6, 6.07) is 11.4. The molecule has 5 nitrogen and oxygen atoms in total. The van der Waals surface area contributed by atoms with Crippen LogP contribution >= 0.6 is 0 Å². The SMILES string of the molecule is O=C(O)c1ccc(-n2nc(-c3ccccc3C(F)(F)F)c3c2NCC3)cc1. The maximum atomic E-state index is 13.4. The Labute approximate surface area is 152 Å². The average molecular weight is 373 g/mol. The first-order chi connectivity index (χ1) is 12.9. The zero-order valence-corrected chi connectivity index (χ0v) is 13.9. The Bertz CT molecular complexity index is 1020. The number of nitrogens with one attached hydrogen (secondary N) is 1. The highest BCUT2D eigenvalue weighted by Crippen LogP contribution is 2.41. The maximum absolute atomic E-state index is 13.4. The minimum absolute atomic E-state index is 0.0332. The van der Waals surface area contributed by atoms with E-state index in [1.807, 2.05) is 0 Å². The van der Waals surface area contributed by atoms with E-state index in [0.717, 1.165) is 6.07 Å². The third kappa shape index (κ3) is 2.92. The molecule has 0 saturated heterocycles. The van der Waals surface area contributed by atoms with Crippen LogP contribution in [0.3, 0.4) is 0 Å². The summed E-state index contributed by atoms with van der Waals surface area (Å²) in [6.45, 7) is 0.599. The van der Waals surface area contributed by atoms with Gasteiger partial charge in [0.15, 0.2) is 0 Å². The number of alkyl halides is 3. The number of fused-ring (bicyclic) bond motifs is 1. The smallest absolute Gasteiger partial charge is 0.417 e. The molecule has 1 aromatic heterocycles. The van der Waals surface area contributed by atoms with Crippen molar-refractivity contribution in [3.63, 3.8) is 0 Å². The lowest BCUT2D eigenvalue weighted by Gasteiger charge is -2.11. The number of rotatable bonds is 3. The number of halogens is 3. The van der Waals surface area contributed by atoms with Crippen LogP contribution in [0.15, 0.2) is 48.5 Å². The van der Waals surface area contributed by atoms with Crippen molar-refractivity contribution in [2.45, 2.75) is 12.6 Å². The summed E-state index contributed by atoms with van der Waals surface area (Å²) in [5.74, 6) is -0.421. The molecule has 3 aromatic rings. The van der Waals surface area contributed by atoms with Gasteiger partial charge in [0.2, 0.25) is 0 Å². The van der Waals surface area contributed by atoms with Crippen LogP contribution in [0.1, 0.15) is 21.5 Å². The maximum Gasteiger partial charge on any atom is 0.417 e. The fraction of sp³-hybridized carbons (Fsp3) is 0.158. The number of hydrogen-bond donors (Lipinski definition) is 2. The van der Waals surface area contributed by atoms with Crippen LogP contribution in [0.25, 0.3) is 16.9 Å². The second-order valence-electron chi connectivity index (χ2n) is 6.16. The lowest BCUT2D eigenvalue weighted by atomic mass is 10.0. The quantitative estimate of drug-likeness (QED) is 0.721. The van der Waals surface area contributed by atoms with E-state index in [1.54, 1.807) is 18.2 Å². The van der Waals surface area contributed by atoms with Gasteiger partial charge in [0.1, 0.15) is 5.82 Å². The number of carboxylic acids is 1. The topological polar surface area (TPSA) is 67.1 Å². The highest BCUT2D eigenvalue weighted by molar-refractivity contribution is 5.87. The van der Waals surface area contributed by atoms with Gasteiger partial charge < -0.3 is 10.4 Å². The second kappa shape index (κ2) is 6.15. The molecule has 0 radical (unpaired) electrons. The molecule has 1 aliphatic heterocycles. The zero-order chi connectivity index (χ0) is 19.2. The van der Waals surface area contributed by atoms with Crippen LogP contribution in [-0.2, 0) is 12.6 Å². The summed E-state index contributed by atoms with van der Waals surface area (Å²) in [6.07, 6.45) is -3.92. The number of benzene rings is 2. The summed E-state index contributed by atoms with van der Waals surface area (Å²) in [5.41, 5.74) is 0.996. The Morgan fingerprint density at radius 2 is 1.81 bits per heavy atom. The van der Waals surface area contributed by atoms with Crippen LogP contribution in [0.4, 0.5) is 19.0 Å². The molecule has 2 heterocycles. The lowest BCUT2D eigenvalue weighted by molar-refractivity contribution is -0.137. The van der Waals surface area contributed by atoms with Gasteiger partial charge in [0, 0.05) is 17.7 Å². The second-order valence-corrected chi connectivity index (χ2v) is 6.16. The molecule has 1 aliphatic rings. The molecule has 4 rings (SSSR count). The van der Waals surface area contributed by atoms with Gasteiger partial charge in [-0.1, -0.05) is 18.2 Å². The first-order valence-corrected chi connectivity index (χ1v) is 8.22. The van der Waals surface area contributed by atoms with Crippen molar-refractivity contribution in [3.8, 4) is 16.9 Å². The molecule has 0 amide bonds. The minimum Gasteiger partial charge on any atom is -0.478 e. The standard InChI is InChI=1S/C19H14F3N3O2/c20-19(21,22)15-4-2-1-3-13(15)16-14-9-10-23-17(14)25(24-16)12-7-5-11(6-8-12)18(26)27/h1-8,23H,9-10H2,(H,26,27). The molecule has 0 spiro atoms. The van der Waals surface area contributed by atoms with Crippen molar-refractivity contribution in [3.05, 3.63) is 65.2 Å². The molecular formula is C19H14F3N3O2. The van der Waals surface area contributed by atoms with Gasteiger partial charge in [-0.25, -0.2) is 9.48 Å². The van der Waals surface area contributed by atoms with Gasteiger partial charge in [-0.3, -0.25) is 0 Å². The van der Waals surface area contributed by atoms with Gasteiger partial charge >= 0.3 is 12.1 Å². The van der Waals surface area contributed by atoms with Crippen molar-refractivity contribution < 1.29 is 23.1 Å². The number of anilines is 1. The molecular weight excluding hydrogens is 359 g/mol. The van der Waals surface area contributed by atoms with Crippen LogP contribution in [0, 0.1) is 0 Å². The molecule has 0 fully saturated rings. The predicted octanol–water partition coefficient (Wildman–Crippen LogP) is 4.22. The summed E-state index contributed by atoms with van der Waals surface area (Å²) < 4.78 is 41.8. The van der Waals surface area contributed by atoms with E-state index in [-0.39, 0.29) is 16.8 Å². The highest BCUT2D eigenvalue weighted by Gasteiger charge is 2.35. The first-order valence-electron chi connectivity index (χ1n) is 8.22. The third-order valence-electron chi connectivity index (χ3n) is 4.50. The molecule has 2 aromatic carbocycles. The highest BCUT2D eigenvalue weighted by atomic mass is 19.4. The van der Waals surface area contributed by atoms with E-state index in [0.29, 0.717) is 30.0 Å². The normalized spacial score (nSPS) is 13.3. The van der Waals surface area contributed by atoms with Gasteiger partial charge in [-0.2, -0.15) is 18.3 Å². The lowest BCUT2D eigenvalue weighted by Crippen LogP contribution is -2.08. The van der Waals surface area contributed by atoms with Crippen molar-refractivity contribution in [2.75, 3.05) is 11.9 Å². The molecule has 2 N–H and O–H groups in total. The number of aromatic carboxylic acids is 1. The van der Waals surface area contributed by atoms with E-state index in [9.17, 15) is 18.0 Å². The summed E-state index contributed by atoms with van der Waals surface area (Å²) in [7, 11) is 0. The molecule has 27 heavy (non-hydrogen) atoms. The number of carboxylic acid groups (broad SMARTS) is 1. The van der Waals surface area contributed by atoms with E-state index < -0.39 is 17.7 Å². The Hall–Kier alpha value is -3.29. The summed E-state index contributed by atoms with van der Waals surface area (Å²) >= 11 is 0. The average Bonchev–Trinajstić information content (AvgIpc) is 3.23. The largest absolute Gasteiger partial charge is 0.478 e. The molecule has 0 atom stereocenters. The molecule has 8 heteroatoms. The van der Waals surface area contributed by atoms with Crippen molar-refractivity contribution in [1.29, 1.82) is 0 Å². The van der Waals surface area contributed by atoms with E-state index >= 15 is 0 Å². The van der Waals surface area contributed by atoms with Crippen LogP contribution in [0.5, 0.6) is 0 Å². The molecule has 0 saturated carbocycles. The number of aromatic nitrogens is 2. The van der Waals surface area contributed by atoms with E-state index in [1.165, 1.54) is 28.9 Å². The number of nitrogens with zero attached hydrogens (tertiary/aromatic N) is 2. The van der Waals surface area contributed by atoms with Crippen LogP contribution < -0.4 is 5.32 Å². The van der Waals surface area contributed by atoms with Crippen molar-refractivity contribution in [1.82, 2.24) is 9.78 Å². The first kappa shape index (κ1) is 17.1. The van der Waals surface area contributed by atoms with E-state index in [2.05, 4.69) is 10.4 Å². The molecule has 0 bridgehead atoms. The van der Waals surface area contributed by atoms with Gasteiger partial charge in [-0.05, 0) is 36.8 Å². The summed E-state index contributed by atoms with van der Waals surface area (Å²) in [4.78, 5) is 11.0. The molecule has 138 valence electrons. The number of carbonyl (C=O) groups is 1. The monoisotopic (exact) mass is 373 g/mol. The Kier molecular flexibility index (Phi) is 3.91. The minimum atomic E-state index is -4.48. The Balaban J connectivity index is 1.87. The molecule has 0 aliphatic carbocycles. The molecule has 0 unspecified atom stereocenters. The van der Waals surface area contributed by atoms with E-state index in [4.69, 9.17) is 5.11 Å². The fourth-order valence-corrected chi connectivity index (χ4v) is 3.26. The van der Waals surface area contributed by atoms with Crippen LogP contribution in [0.2, 0.25) is 0 Å². The zero-order valence-electron chi connectivity index (χ0n) is 13.9. The van der Waals surface area contributed by atoms with Crippen molar-refractivity contribution in [2.24, 2.45) is 0 Å². The number of hydrogen-bond acceptors (Lipinski definition) is 3. The van der Waals surface area contributed by atoms with Crippen molar-refractivity contribution >= 4 is 11.8 Å². The Morgan fingerprint density at radius 1 is 1.11 bits per heavy atom. The fourth-order valence-electron chi connectivity index (χ4n) is 3.26.